The Hall–Kier alpha value is -1.99. The summed E-state index contributed by atoms with van der Waals surface area (Å²) in [7, 11) is 2.12. The number of nitrogens with one attached hydrogen (secondary N) is 2. The monoisotopic (exact) mass is 362 g/mol. The Bertz CT molecular complexity index is 656. The molecule has 1 aromatic carbocycles. The number of halogens is 1. The van der Waals surface area contributed by atoms with Gasteiger partial charge in [0.05, 0.1) is 6.54 Å². The minimum absolute atomic E-state index is 0.0235. The molecule has 2 amide bonds. The molecule has 1 spiro atoms. The molecule has 1 atom stereocenters. The standard InChI is InChI=1S/C19H27FN4O2/c1-14(25)21-17-11-19(23(2)12-17)7-9-24(10-8-19)13-18(26)22-16-5-3-15(20)4-6-16/h3-6,17H,7-13H2,1-2H3,(H,21,25)(H,22,26). The zero-order chi connectivity index (χ0) is 18.7. The van der Waals surface area contributed by atoms with Crippen molar-refractivity contribution in [1.82, 2.24) is 15.1 Å². The molecule has 0 aliphatic carbocycles. The summed E-state index contributed by atoms with van der Waals surface area (Å²) in [6, 6.07) is 6.01. The molecule has 2 aliphatic rings. The van der Waals surface area contributed by atoms with E-state index in [1.54, 1.807) is 19.1 Å². The van der Waals surface area contributed by atoms with Gasteiger partial charge in [0.15, 0.2) is 0 Å². The van der Waals surface area contributed by atoms with Crippen LogP contribution in [-0.2, 0) is 9.59 Å². The second-order valence-corrected chi connectivity index (χ2v) is 7.54. The van der Waals surface area contributed by atoms with Gasteiger partial charge in [-0.05, 0) is 50.6 Å². The number of carbonyl (C=O) groups excluding carboxylic acids is 2. The van der Waals surface area contributed by atoms with Gasteiger partial charge < -0.3 is 10.6 Å². The van der Waals surface area contributed by atoms with Gasteiger partial charge in [0.25, 0.3) is 0 Å². The molecule has 26 heavy (non-hydrogen) atoms. The lowest BCUT2D eigenvalue weighted by Gasteiger charge is -2.43. The second-order valence-electron chi connectivity index (χ2n) is 7.54. The Balaban J connectivity index is 1.48. The van der Waals surface area contributed by atoms with E-state index in [0.29, 0.717) is 12.2 Å². The van der Waals surface area contributed by atoms with E-state index in [2.05, 4.69) is 27.5 Å². The lowest BCUT2D eigenvalue weighted by molar-refractivity contribution is -0.120. The van der Waals surface area contributed by atoms with Crippen LogP contribution in [0.2, 0.25) is 0 Å². The fraction of sp³-hybridized carbons (Fsp3) is 0.579. The lowest BCUT2D eigenvalue weighted by Crippen LogP contribution is -2.51. The van der Waals surface area contributed by atoms with Crippen molar-refractivity contribution >= 4 is 17.5 Å². The van der Waals surface area contributed by atoms with Gasteiger partial charge in [-0.1, -0.05) is 0 Å². The summed E-state index contributed by atoms with van der Waals surface area (Å²) >= 11 is 0. The SMILES string of the molecule is CC(=O)NC1CN(C)C2(CCN(CC(=O)Nc3ccc(F)cc3)CC2)C1. The molecule has 0 radical (unpaired) electrons. The maximum atomic E-state index is 12.9. The average Bonchev–Trinajstić information content (AvgIpc) is 2.86. The Labute approximate surface area is 153 Å². The summed E-state index contributed by atoms with van der Waals surface area (Å²) in [5, 5.41) is 5.84. The van der Waals surface area contributed by atoms with Crippen LogP contribution in [0.5, 0.6) is 0 Å². The van der Waals surface area contributed by atoms with Gasteiger partial charge in [0, 0.05) is 43.8 Å². The van der Waals surface area contributed by atoms with Crippen molar-refractivity contribution in [2.24, 2.45) is 0 Å². The Morgan fingerprint density at radius 2 is 1.88 bits per heavy atom. The predicted octanol–water partition coefficient (Wildman–Crippen LogP) is 1.44. The molecule has 2 N–H and O–H groups in total. The van der Waals surface area contributed by atoms with E-state index in [0.717, 1.165) is 38.9 Å². The summed E-state index contributed by atoms with van der Waals surface area (Å²) in [5.74, 6) is -0.374. The van der Waals surface area contributed by atoms with Gasteiger partial charge in [-0.2, -0.15) is 0 Å². The average molecular weight is 362 g/mol. The number of anilines is 1. The van der Waals surface area contributed by atoms with E-state index in [1.165, 1.54) is 12.1 Å². The molecule has 2 aliphatic heterocycles. The molecular weight excluding hydrogens is 335 g/mol. The lowest BCUT2D eigenvalue weighted by atomic mass is 9.84. The van der Waals surface area contributed by atoms with Crippen LogP contribution < -0.4 is 10.6 Å². The zero-order valence-electron chi connectivity index (χ0n) is 15.4. The van der Waals surface area contributed by atoms with E-state index in [1.807, 2.05) is 0 Å². The van der Waals surface area contributed by atoms with Crippen LogP contribution in [0.1, 0.15) is 26.2 Å². The largest absolute Gasteiger partial charge is 0.352 e. The summed E-state index contributed by atoms with van der Waals surface area (Å²) in [6.07, 6.45) is 2.95. The number of piperidine rings is 1. The summed E-state index contributed by atoms with van der Waals surface area (Å²) in [4.78, 5) is 28.0. The molecule has 0 aromatic heterocycles. The molecule has 6 nitrogen and oxygen atoms in total. The van der Waals surface area contributed by atoms with Crippen LogP contribution in [-0.4, -0.2) is 66.4 Å². The van der Waals surface area contributed by atoms with Crippen molar-refractivity contribution in [3.8, 4) is 0 Å². The van der Waals surface area contributed by atoms with Gasteiger partial charge >= 0.3 is 0 Å². The van der Waals surface area contributed by atoms with Crippen molar-refractivity contribution in [2.75, 3.05) is 38.5 Å². The van der Waals surface area contributed by atoms with Crippen molar-refractivity contribution < 1.29 is 14.0 Å². The minimum atomic E-state index is -0.317. The smallest absolute Gasteiger partial charge is 0.238 e. The maximum absolute atomic E-state index is 12.9. The number of rotatable bonds is 4. The molecule has 1 unspecified atom stereocenters. The Morgan fingerprint density at radius 1 is 1.23 bits per heavy atom. The highest BCUT2D eigenvalue weighted by Crippen LogP contribution is 2.37. The Morgan fingerprint density at radius 3 is 2.50 bits per heavy atom. The molecule has 3 rings (SSSR count). The number of carbonyl (C=O) groups is 2. The Kier molecular flexibility index (Phi) is 5.58. The molecular formula is C19H27FN4O2. The van der Waals surface area contributed by atoms with E-state index >= 15 is 0 Å². The number of benzene rings is 1. The highest BCUT2D eigenvalue weighted by Gasteiger charge is 2.45. The number of likely N-dealkylation sites (tertiary alicyclic amines) is 2. The quantitative estimate of drug-likeness (QED) is 0.851. The molecule has 1 aromatic rings. The third-order valence-electron chi connectivity index (χ3n) is 5.62. The topological polar surface area (TPSA) is 64.7 Å². The van der Waals surface area contributed by atoms with Gasteiger partial charge in [-0.25, -0.2) is 4.39 Å². The van der Waals surface area contributed by atoms with Crippen molar-refractivity contribution in [1.29, 1.82) is 0 Å². The molecule has 0 bridgehead atoms. The van der Waals surface area contributed by atoms with Crippen LogP contribution in [0.15, 0.2) is 24.3 Å². The molecule has 142 valence electrons. The van der Waals surface area contributed by atoms with E-state index < -0.39 is 0 Å². The first-order valence-electron chi connectivity index (χ1n) is 9.12. The number of amides is 2. The first-order chi connectivity index (χ1) is 12.4. The predicted molar refractivity (Wildman–Crippen MR) is 98.3 cm³/mol. The number of hydrogen-bond acceptors (Lipinski definition) is 4. The van der Waals surface area contributed by atoms with Gasteiger partial charge in [0.1, 0.15) is 5.82 Å². The third-order valence-corrected chi connectivity index (χ3v) is 5.62. The highest BCUT2D eigenvalue weighted by molar-refractivity contribution is 5.92. The summed E-state index contributed by atoms with van der Waals surface area (Å²) < 4.78 is 12.9. The molecule has 2 saturated heterocycles. The maximum Gasteiger partial charge on any atom is 0.238 e. The van der Waals surface area contributed by atoms with Crippen LogP contribution in [0.4, 0.5) is 10.1 Å². The third kappa shape index (κ3) is 4.40. The fourth-order valence-corrected chi connectivity index (χ4v) is 4.24. The number of likely N-dealkylation sites (N-methyl/N-ethyl adjacent to an activating group) is 1. The number of hydrogen-bond donors (Lipinski definition) is 2. The van der Waals surface area contributed by atoms with Crippen LogP contribution in [0.25, 0.3) is 0 Å². The van der Waals surface area contributed by atoms with Crippen molar-refractivity contribution in [3.05, 3.63) is 30.1 Å². The fourth-order valence-electron chi connectivity index (χ4n) is 4.24. The van der Waals surface area contributed by atoms with Gasteiger partial charge in [-0.15, -0.1) is 0 Å². The minimum Gasteiger partial charge on any atom is -0.352 e. The van der Waals surface area contributed by atoms with Gasteiger partial charge in [-0.3, -0.25) is 19.4 Å². The van der Waals surface area contributed by atoms with E-state index in [4.69, 9.17) is 0 Å². The zero-order valence-corrected chi connectivity index (χ0v) is 15.4. The summed E-state index contributed by atoms with van der Waals surface area (Å²) in [5.41, 5.74) is 0.732. The second kappa shape index (κ2) is 7.72. The molecule has 2 heterocycles. The van der Waals surface area contributed by atoms with Crippen molar-refractivity contribution in [3.63, 3.8) is 0 Å². The molecule has 0 saturated carbocycles. The first-order valence-corrected chi connectivity index (χ1v) is 9.12. The normalized spacial score (nSPS) is 23.1. The highest BCUT2D eigenvalue weighted by atomic mass is 19.1. The first kappa shape index (κ1) is 18.8. The number of nitrogens with zero attached hydrogens (tertiary/aromatic N) is 2. The van der Waals surface area contributed by atoms with Crippen molar-refractivity contribution in [2.45, 2.75) is 37.8 Å². The van der Waals surface area contributed by atoms with E-state index in [-0.39, 0.29) is 29.2 Å². The van der Waals surface area contributed by atoms with E-state index in [9.17, 15) is 14.0 Å². The summed E-state index contributed by atoms with van der Waals surface area (Å²) in [6.45, 7) is 4.49. The molecule has 7 heteroatoms. The van der Waals surface area contributed by atoms with Crippen LogP contribution >= 0.6 is 0 Å². The van der Waals surface area contributed by atoms with Gasteiger partial charge in [0.2, 0.25) is 11.8 Å². The molecule has 2 fully saturated rings. The van der Waals surface area contributed by atoms with Crippen LogP contribution in [0.3, 0.4) is 0 Å². The van der Waals surface area contributed by atoms with Crippen LogP contribution in [0, 0.1) is 5.82 Å².